The fourth-order valence-corrected chi connectivity index (χ4v) is 0. The first-order valence-electron chi connectivity index (χ1n) is 2.22. The van der Waals surface area contributed by atoms with E-state index in [-0.39, 0.29) is 68.0 Å². The minimum absolute atomic E-state index is 0. The van der Waals surface area contributed by atoms with Crippen LogP contribution in [0, 0.1) is 46.0 Å². The van der Waals surface area contributed by atoms with Crippen LogP contribution >= 0.6 is 0 Å². The summed E-state index contributed by atoms with van der Waals surface area (Å²) in [5.41, 5.74) is 0. The summed E-state index contributed by atoms with van der Waals surface area (Å²) in [5.74, 6) is 0. The van der Waals surface area contributed by atoms with Gasteiger partial charge in [-0.3, -0.25) is 0 Å². The van der Waals surface area contributed by atoms with Gasteiger partial charge in [-0.25, -0.2) is 0 Å². The van der Waals surface area contributed by atoms with E-state index in [0.717, 1.165) is 0 Å². The monoisotopic (exact) mass is 383 g/mol. The molecule has 18 heteroatoms. The predicted molar refractivity (Wildman–Crippen MR) is 52.2 cm³/mol. The van der Waals surface area contributed by atoms with Crippen LogP contribution in [0.1, 0.15) is 0 Å². The normalized spacial score (nSPS) is 4.89. The molecule has 0 aromatic rings. The summed E-state index contributed by atoms with van der Waals surface area (Å²) in [5, 5.41) is 46.0. The van der Waals surface area contributed by atoms with Crippen LogP contribution < -0.4 is 5.14 Å². The number of hydrogen-bond donors (Lipinski definition) is 1. The Morgan fingerprint density at radius 1 is 0.722 bits per heavy atom. The van der Waals surface area contributed by atoms with Crippen LogP contribution in [0.5, 0.6) is 0 Å². The third kappa shape index (κ3) is 27400. The molecule has 1 N–H and O–H groups in total. The van der Waals surface area contributed by atoms with Crippen LogP contribution in [0.15, 0.2) is 0 Å². The molecule has 0 amide bonds. The first-order chi connectivity index (χ1) is 6.61. The van der Waals surface area contributed by atoms with E-state index in [2.05, 4.69) is 16.0 Å². The molecule has 0 aromatic carbocycles. The largest absolute Gasteiger partial charge is 3.00 e. The Balaban J connectivity index is -0.0000000171. The van der Waals surface area contributed by atoms with Crippen molar-refractivity contribution in [2.24, 2.45) is 0 Å². The number of nitrogens with one attached hydrogen (secondary N) is 1. The Labute approximate surface area is 149 Å². The first kappa shape index (κ1) is 43.1. The molecule has 0 fully saturated rings. The Bertz CT molecular complexity index is 141. The Morgan fingerprint density at radius 2 is 0.722 bits per heavy atom. The van der Waals surface area contributed by atoms with Crippen molar-refractivity contribution in [3.63, 3.8) is 0 Å². The molecule has 0 aliphatic rings. The Kier molecular flexibility index (Phi) is 105. The van der Waals surface area contributed by atoms with Crippen molar-refractivity contribution in [1.82, 2.24) is 5.14 Å². The van der Waals surface area contributed by atoms with Crippen molar-refractivity contribution in [2.75, 3.05) is 0 Å². The second kappa shape index (κ2) is 43.8. The van der Waals surface area contributed by atoms with Gasteiger partial charge >= 0.3 is 62.6 Å². The summed E-state index contributed by atoms with van der Waals surface area (Å²) in [4.78, 5) is 24.8. The molecular weight excluding hydrogens is 381 g/mol. The summed E-state index contributed by atoms with van der Waals surface area (Å²) in [6.45, 7) is 0. The van der Waals surface area contributed by atoms with Crippen LogP contribution in [-0.2, 0) is 22.5 Å². The Hall–Kier alpha value is -0.350. The van der Waals surface area contributed by atoms with E-state index in [1.54, 1.807) is 5.14 Å². The second-order valence-corrected chi connectivity index (χ2v) is 0.837. The maximum absolute atomic E-state index is 8.25. The third-order valence-electron chi connectivity index (χ3n) is 0. The van der Waals surface area contributed by atoms with Gasteiger partial charge in [0.05, 0.1) is 15.3 Å². The zero-order valence-electron chi connectivity index (χ0n) is 8.14. The number of hydrogen-bond acceptors (Lipinski definition) is 10. The fourth-order valence-electron chi connectivity index (χ4n) is 0. The smallest absolute Gasteiger partial charge is 2.00 e. The van der Waals surface area contributed by atoms with E-state index in [0.29, 0.717) is 0 Å². The minimum atomic E-state index is -1.75. The molecule has 97 valence electrons. The van der Waals surface area contributed by atoms with Crippen molar-refractivity contribution >= 4 is 61.4 Å². The molecule has 0 saturated heterocycles. The van der Waals surface area contributed by atoms with Gasteiger partial charge in [0.25, 0.3) is 0 Å². The van der Waals surface area contributed by atoms with Crippen molar-refractivity contribution in [3.8, 4) is 0 Å². The number of rotatable bonds is 0. The standard InChI is InChI=1S/B2HN.Fe.3NO3.O.Sr/c1-3-2;;3*2-1(3)4;;/h3H;;;;;;/q;+3;3*-1;-2;+2. The van der Waals surface area contributed by atoms with E-state index in [9.17, 15) is 0 Å². The predicted octanol–water partition coefficient (Wildman–Crippen LogP) is -2.48. The van der Waals surface area contributed by atoms with Gasteiger partial charge in [-0.1, -0.05) is 0 Å². The van der Waals surface area contributed by atoms with E-state index >= 15 is 0 Å². The van der Waals surface area contributed by atoms with Gasteiger partial charge < -0.3 is 56.6 Å². The second-order valence-electron chi connectivity index (χ2n) is 0.837. The van der Waals surface area contributed by atoms with Gasteiger partial charge in [0.2, 0.25) is 0 Å². The zero-order valence-corrected chi connectivity index (χ0v) is 12.7. The topological polar surface area (TPSA) is 239 Å². The molecule has 14 nitrogen and oxygen atoms in total. The maximum Gasteiger partial charge on any atom is 3.00 e. The average molecular weight is 382 g/mol. The quantitative estimate of drug-likeness (QED) is 0.263. The first-order valence-corrected chi connectivity index (χ1v) is 2.22. The molecule has 5 radical (unpaired) electrons. The average Bonchev–Trinajstić information content (AvgIpc) is 1.81. The van der Waals surface area contributed by atoms with Gasteiger partial charge in [-0.2, -0.15) is 0 Å². The van der Waals surface area contributed by atoms with Gasteiger partial charge in [0.1, 0.15) is 0 Å². The van der Waals surface area contributed by atoms with Crippen LogP contribution in [0.25, 0.3) is 0 Å². The molecule has 0 aliphatic heterocycles. The maximum atomic E-state index is 8.25. The summed E-state index contributed by atoms with van der Waals surface area (Å²) >= 11 is 0. The van der Waals surface area contributed by atoms with Crippen molar-refractivity contribution in [3.05, 3.63) is 46.0 Å². The summed E-state index contributed by atoms with van der Waals surface area (Å²) in [6.07, 6.45) is 0. The van der Waals surface area contributed by atoms with Gasteiger partial charge in [-0.05, 0) is 0 Å². The Morgan fingerprint density at radius 3 is 0.722 bits per heavy atom. The molecule has 0 unspecified atom stereocenters. The molecule has 0 heterocycles. The van der Waals surface area contributed by atoms with Gasteiger partial charge in [-0.15, -0.1) is 0 Å². The van der Waals surface area contributed by atoms with E-state index in [1.165, 1.54) is 0 Å². The van der Waals surface area contributed by atoms with Crippen molar-refractivity contribution in [1.29, 1.82) is 0 Å². The van der Waals surface area contributed by atoms with Crippen LogP contribution in [0.3, 0.4) is 0 Å². The van der Waals surface area contributed by atoms with Crippen LogP contribution in [0.2, 0.25) is 0 Å². The third-order valence-corrected chi connectivity index (χ3v) is 0. The van der Waals surface area contributed by atoms with Crippen molar-refractivity contribution in [2.45, 2.75) is 0 Å². The van der Waals surface area contributed by atoms with Gasteiger partial charge in [0, 0.05) is 0 Å². The SMILES string of the molecule is O=[N+]([O-])[O-].O=[N+]([O-])[O-].O=[N+]([O-])[O-].[B]N[B].[Fe+3].[O-2].[Sr+2]. The summed E-state index contributed by atoms with van der Waals surface area (Å²) in [7, 11) is 8.75. The molecule has 0 spiro atoms. The molecular formula is HB2FeN4O10Sr. The van der Waals surface area contributed by atoms with Crippen LogP contribution in [-0.4, -0.2) is 76.7 Å². The minimum Gasteiger partial charge on any atom is -2.00 e. The van der Waals surface area contributed by atoms with E-state index in [1.807, 2.05) is 0 Å². The molecule has 0 aliphatic carbocycles. The number of nitrogens with zero attached hydrogens (tertiary/aromatic N) is 3. The van der Waals surface area contributed by atoms with Crippen molar-refractivity contribution < 1.29 is 37.8 Å². The van der Waals surface area contributed by atoms with Crippen LogP contribution in [0.4, 0.5) is 0 Å². The zero-order chi connectivity index (χ0) is 13.4. The molecule has 0 aromatic heterocycles. The fraction of sp³-hybridized carbons (Fsp3) is 0. The molecule has 18 heavy (non-hydrogen) atoms. The van der Waals surface area contributed by atoms with Gasteiger partial charge in [0.15, 0.2) is 16.0 Å². The molecule has 0 rings (SSSR count). The molecule has 0 saturated carbocycles. The van der Waals surface area contributed by atoms with E-state index < -0.39 is 15.3 Å². The molecule has 0 bridgehead atoms. The molecule has 0 atom stereocenters. The summed E-state index contributed by atoms with van der Waals surface area (Å²) in [6, 6.07) is 0. The summed E-state index contributed by atoms with van der Waals surface area (Å²) < 4.78 is 0. The van der Waals surface area contributed by atoms with E-state index in [4.69, 9.17) is 46.0 Å².